The largest absolute Gasteiger partial charge is 0.474 e. The van der Waals surface area contributed by atoms with Crippen molar-refractivity contribution < 1.29 is 4.74 Å². The van der Waals surface area contributed by atoms with E-state index < -0.39 is 0 Å². The van der Waals surface area contributed by atoms with E-state index in [1.54, 1.807) is 12.4 Å². The fraction of sp³-hybridized carbons (Fsp3) is 0.692. The van der Waals surface area contributed by atoms with Crippen LogP contribution in [0.3, 0.4) is 0 Å². The maximum atomic E-state index is 5.58. The standard InChI is InChI=1S/C13H24N4O/c1-4-11(5-6-14)7-16-12-8-15-9-13(17-12)18-10(2)3/h8-11H,4-7,14H2,1-3H3,(H,16,17). The molecule has 0 saturated heterocycles. The summed E-state index contributed by atoms with van der Waals surface area (Å²) in [6.45, 7) is 7.70. The van der Waals surface area contributed by atoms with Crippen LogP contribution >= 0.6 is 0 Å². The molecule has 0 spiro atoms. The fourth-order valence-corrected chi connectivity index (χ4v) is 1.67. The molecule has 0 bridgehead atoms. The molecule has 102 valence electrons. The summed E-state index contributed by atoms with van der Waals surface area (Å²) >= 11 is 0. The number of nitrogens with zero attached hydrogens (tertiary/aromatic N) is 2. The molecule has 1 rings (SSSR count). The predicted octanol–water partition coefficient (Wildman–Crippen LogP) is 2.05. The van der Waals surface area contributed by atoms with Crippen LogP contribution in [0.5, 0.6) is 5.88 Å². The van der Waals surface area contributed by atoms with Gasteiger partial charge in [-0.3, -0.25) is 4.98 Å². The van der Waals surface area contributed by atoms with Gasteiger partial charge in [-0.15, -0.1) is 0 Å². The van der Waals surface area contributed by atoms with Gasteiger partial charge >= 0.3 is 0 Å². The number of anilines is 1. The SMILES string of the molecule is CCC(CCN)CNc1cncc(OC(C)C)n1. The molecule has 1 heterocycles. The van der Waals surface area contributed by atoms with Crippen molar-refractivity contribution in [1.29, 1.82) is 0 Å². The molecule has 1 unspecified atom stereocenters. The van der Waals surface area contributed by atoms with Crippen molar-refractivity contribution in [2.24, 2.45) is 11.7 Å². The first-order chi connectivity index (χ1) is 8.65. The minimum Gasteiger partial charge on any atom is -0.474 e. The van der Waals surface area contributed by atoms with E-state index in [2.05, 4.69) is 22.2 Å². The number of rotatable bonds is 8. The van der Waals surface area contributed by atoms with E-state index in [-0.39, 0.29) is 6.10 Å². The van der Waals surface area contributed by atoms with Gasteiger partial charge in [0, 0.05) is 6.54 Å². The lowest BCUT2D eigenvalue weighted by atomic mass is 10.0. The van der Waals surface area contributed by atoms with Crippen molar-refractivity contribution in [2.75, 3.05) is 18.4 Å². The van der Waals surface area contributed by atoms with Gasteiger partial charge in [0.15, 0.2) is 0 Å². The monoisotopic (exact) mass is 252 g/mol. The molecule has 0 radical (unpaired) electrons. The lowest BCUT2D eigenvalue weighted by Crippen LogP contribution is -2.18. The van der Waals surface area contributed by atoms with Gasteiger partial charge in [-0.2, -0.15) is 4.98 Å². The second kappa shape index (κ2) is 7.87. The molecular weight excluding hydrogens is 228 g/mol. The van der Waals surface area contributed by atoms with Crippen LogP contribution in [0, 0.1) is 5.92 Å². The zero-order valence-electron chi connectivity index (χ0n) is 11.5. The molecule has 5 heteroatoms. The van der Waals surface area contributed by atoms with Gasteiger partial charge in [0.1, 0.15) is 5.82 Å². The van der Waals surface area contributed by atoms with E-state index in [0.29, 0.717) is 11.8 Å². The van der Waals surface area contributed by atoms with Gasteiger partial charge in [0.05, 0.1) is 18.5 Å². The second-order valence-electron chi connectivity index (χ2n) is 4.64. The van der Waals surface area contributed by atoms with Crippen LogP contribution in [-0.4, -0.2) is 29.2 Å². The Bertz CT molecular complexity index is 344. The summed E-state index contributed by atoms with van der Waals surface area (Å²) in [6.07, 6.45) is 5.58. The van der Waals surface area contributed by atoms with E-state index in [9.17, 15) is 0 Å². The molecule has 0 saturated carbocycles. The molecule has 0 aromatic carbocycles. The van der Waals surface area contributed by atoms with Gasteiger partial charge in [-0.05, 0) is 32.7 Å². The van der Waals surface area contributed by atoms with Gasteiger partial charge in [0.25, 0.3) is 0 Å². The van der Waals surface area contributed by atoms with Crippen molar-refractivity contribution >= 4 is 5.82 Å². The highest BCUT2D eigenvalue weighted by molar-refractivity contribution is 5.33. The number of hydrogen-bond acceptors (Lipinski definition) is 5. The van der Waals surface area contributed by atoms with Gasteiger partial charge in [-0.1, -0.05) is 13.3 Å². The molecule has 0 fully saturated rings. The van der Waals surface area contributed by atoms with Crippen LogP contribution < -0.4 is 15.8 Å². The van der Waals surface area contributed by atoms with E-state index in [4.69, 9.17) is 10.5 Å². The van der Waals surface area contributed by atoms with E-state index >= 15 is 0 Å². The zero-order chi connectivity index (χ0) is 13.4. The molecule has 1 aromatic rings. The average molecular weight is 252 g/mol. The fourth-order valence-electron chi connectivity index (χ4n) is 1.67. The molecule has 3 N–H and O–H groups in total. The van der Waals surface area contributed by atoms with Crippen LogP contribution in [0.4, 0.5) is 5.82 Å². The van der Waals surface area contributed by atoms with Crippen LogP contribution in [0.1, 0.15) is 33.6 Å². The Morgan fingerprint density at radius 2 is 2.17 bits per heavy atom. The first-order valence-electron chi connectivity index (χ1n) is 6.58. The predicted molar refractivity (Wildman–Crippen MR) is 73.7 cm³/mol. The smallest absolute Gasteiger partial charge is 0.234 e. The number of nitrogens with one attached hydrogen (secondary N) is 1. The highest BCUT2D eigenvalue weighted by atomic mass is 16.5. The third kappa shape index (κ3) is 5.31. The summed E-state index contributed by atoms with van der Waals surface area (Å²) < 4.78 is 5.50. The summed E-state index contributed by atoms with van der Waals surface area (Å²) in [4.78, 5) is 8.46. The minimum atomic E-state index is 0.107. The first kappa shape index (κ1) is 14.7. The summed E-state index contributed by atoms with van der Waals surface area (Å²) in [5, 5.41) is 3.28. The Labute approximate surface area is 109 Å². The summed E-state index contributed by atoms with van der Waals surface area (Å²) in [5.41, 5.74) is 5.58. The van der Waals surface area contributed by atoms with Crippen molar-refractivity contribution in [2.45, 2.75) is 39.7 Å². The molecule has 18 heavy (non-hydrogen) atoms. The Hall–Kier alpha value is -1.36. The van der Waals surface area contributed by atoms with Gasteiger partial charge in [0.2, 0.25) is 5.88 Å². The van der Waals surface area contributed by atoms with Crippen LogP contribution in [0.2, 0.25) is 0 Å². The highest BCUT2D eigenvalue weighted by Crippen LogP contribution is 2.13. The molecular formula is C13H24N4O. The molecule has 0 aliphatic rings. The maximum Gasteiger partial charge on any atom is 0.234 e. The minimum absolute atomic E-state index is 0.107. The number of nitrogens with two attached hydrogens (primary N) is 1. The summed E-state index contributed by atoms with van der Waals surface area (Å²) in [5.74, 6) is 1.89. The number of aromatic nitrogens is 2. The van der Waals surface area contributed by atoms with Gasteiger partial charge in [-0.25, -0.2) is 0 Å². The van der Waals surface area contributed by atoms with Crippen LogP contribution in [0.25, 0.3) is 0 Å². The third-order valence-corrected chi connectivity index (χ3v) is 2.69. The summed E-state index contributed by atoms with van der Waals surface area (Å²) in [6, 6.07) is 0. The topological polar surface area (TPSA) is 73.1 Å². The molecule has 1 aromatic heterocycles. The Morgan fingerprint density at radius 3 is 2.78 bits per heavy atom. The highest BCUT2D eigenvalue weighted by Gasteiger charge is 2.06. The zero-order valence-corrected chi connectivity index (χ0v) is 11.5. The van der Waals surface area contributed by atoms with Crippen LogP contribution in [-0.2, 0) is 0 Å². The van der Waals surface area contributed by atoms with E-state index in [0.717, 1.165) is 31.7 Å². The second-order valence-corrected chi connectivity index (χ2v) is 4.64. The number of hydrogen-bond donors (Lipinski definition) is 2. The van der Waals surface area contributed by atoms with E-state index in [1.807, 2.05) is 13.8 Å². The molecule has 1 atom stereocenters. The van der Waals surface area contributed by atoms with Crippen molar-refractivity contribution in [3.63, 3.8) is 0 Å². The molecule has 0 amide bonds. The maximum absolute atomic E-state index is 5.58. The molecule has 0 aliphatic heterocycles. The lowest BCUT2D eigenvalue weighted by Gasteiger charge is -2.15. The normalized spacial score (nSPS) is 12.5. The van der Waals surface area contributed by atoms with Crippen LogP contribution in [0.15, 0.2) is 12.4 Å². The van der Waals surface area contributed by atoms with Crippen molar-refractivity contribution in [3.05, 3.63) is 12.4 Å². The lowest BCUT2D eigenvalue weighted by molar-refractivity contribution is 0.232. The molecule has 0 aliphatic carbocycles. The van der Waals surface area contributed by atoms with E-state index in [1.165, 1.54) is 0 Å². The number of ether oxygens (including phenoxy) is 1. The molecule has 5 nitrogen and oxygen atoms in total. The first-order valence-corrected chi connectivity index (χ1v) is 6.58. The van der Waals surface area contributed by atoms with Gasteiger partial charge < -0.3 is 15.8 Å². The summed E-state index contributed by atoms with van der Waals surface area (Å²) in [7, 11) is 0. The Kier molecular flexibility index (Phi) is 6.43. The Morgan fingerprint density at radius 1 is 1.39 bits per heavy atom. The van der Waals surface area contributed by atoms with Crippen molar-refractivity contribution in [1.82, 2.24) is 9.97 Å². The quantitative estimate of drug-likeness (QED) is 0.740. The average Bonchev–Trinajstić information content (AvgIpc) is 2.34. The van der Waals surface area contributed by atoms with Crippen molar-refractivity contribution in [3.8, 4) is 5.88 Å². The Balaban J connectivity index is 2.51. The third-order valence-electron chi connectivity index (χ3n) is 2.69.